The number of allylic oxidation sites excluding steroid dienone is 1. The number of hydrogen-bond acceptors (Lipinski definition) is 17. The van der Waals surface area contributed by atoms with Gasteiger partial charge in [-0.15, -0.1) is 0 Å². The van der Waals surface area contributed by atoms with Gasteiger partial charge in [0.05, 0.1) is 6.10 Å². The molecule has 15 N–H and O–H groups in total. The summed E-state index contributed by atoms with van der Waals surface area (Å²) >= 11 is 0. The summed E-state index contributed by atoms with van der Waals surface area (Å²) in [6, 6.07) is -7.67. The van der Waals surface area contributed by atoms with E-state index in [-0.39, 0.29) is 63.2 Å². The number of rotatable bonds is 33. The van der Waals surface area contributed by atoms with Crippen molar-refractivity contribution in [2.45, 2.75) is 280 Å². The van der Waals surface area contributed by atoms with Crippen LogP contribution < -0.4 is 69.5 Å². The van der Waals surface area contributed by atoms with Crippen LogP contribution in [-0.2, 0) is 78.3 Å². The lowest BCUT2D eigenvalue weighted by Crippen LogP contribution is -2.64. The maximum atomic E-state index is 15.0. The van der Waals surface area contributed by atoms with Crippen molar-refractivity contribution in [3.63, 3.8) is 0 Å². The molecule has 13 amide bonds. The first-order valence-corrected chi connectivity index (χ1v) is 37.5. The van der Waals surface area contributed by atoms with Gasteiger partial charge in [-0.2, -0.15) is 0 Å². The molecule has 105 heavy (non-hydrogen) atoms. The van der Waals surface area contributed by atoms with Crippen molar-refractivity contribution in [3.8, 4) is 0 Å². The van der Waals surface area contributed by atoms with Crippen molar-refractivity contribution >= 4 is 82.8 Å². The molecular weight excluding hydrogens is 1350 g/mol. The zero-order chi connectivity index (χ0) is 79.4. The number of aliphatic hydroxyl groups excluding tert-OH is 1. The molecule has 1 aromatic carbocycles. The van der Waals surface area contributed by atoms with Crippen molar-refractivity contribution < 1.29 is 77.0 Å². The molecule has 30 heteroatoms. The topological polar surface area (TPSA) is 442 Å². The van der Waals surface area contributed by atoms with Gasteiger partial charge in [0.1, 0.15) is 84.3 Å². The second kappa shape index (κ2) is 43.8. The fraction of sp³-hybridized carbons (Fsp3) is 0.707. The van der Waals surface area contributed by atoms with E-state index in [1.807, 2.05) is 13.8 Å². The zero-order valence-corrected chi connectivity index (χ0v) is 65.2. The number of amides is 13. The van der Waals surface area contributed by atoms with Crippen LogP contribution in [0.4, 0.5) is 0 Å². The van der Waals surface area contributed by atoms with E-state index < -0.39 is 203 Å². The molecule has 0 saturated carbocycles. The van der Waals surface area contributed by atoms with Gasteiger partial charge in [-0.05, 0) is 112 Å². The number of carbonyl (C=O) groups excluding carboxylic acids is 14. The molecule has 0 aromatic heterocycles. The van der Waals surface area contributed by atoms with Gasteiger partial charge in [-0.25, -0.2) is 4.79 Å². The van der Waals surface area contributed by atoms with Crippen LogP contribution in [0.15, 0.2) is 42.1 Å². The molecule has 2 heterocycles. The zero-order valence-electron chi connectivity index (χ0n) is 65.2. The van der Waals surface area contributed by atoms with Crippen LogP contribution in [0.3, 0.4) is 0 Å². The van der Waals surface area contributed by atoms with Gasteiger partial charge in [-0.1, -0.05) is 166 Å². The number of esters is 1. The third kappa shape index (κ3) is 27.7. The van der Waals surface area contributed by atoms with E-state index in [1.165, 1.54) is 31.7 Å². The molecule has 30 nitrogen and oxygen atoms in total. The van der Waals surface area contributed by atoms with E-state index >= 15 is 9.59 Å². The number of cyclic esters (lactones) is 1. The van der Waals surface area contributed by atoms with Crippen LogP contribution in [0.1, 0.15) is 195 Å². The number of carbonyl (C=O) groups is 14. The predicted octanol–water partition coefficient (Wildman–Crippen LogP) is 1.84. The van der Waals surface area contributed by atoms with Gasteiger partial charge in [0.25, 0.3) is 5.91 Å². The van der Waals surface area contributed by atoms with Crippen LogP contribution in [0.25, 0.3) is 0 Å². The van der Waals surface area contributed by atoms with E-state index in [2.05, 4.69) is 63.8 Å². The molecule has 590 valence electrons. The summed E-state index contributed by atoms with van der Waals surface area (Å²) in [6.07, 6.45) is 1.02. The van der Waals surface area contributed by atoms with Gasteiger partial charge >= 0.3 is 5.97 Å². The Hall–Kier alpha value is -8.54. The molecule has 16 atom stereocenters. The van der Waals surface area contributed by atoms with E-state index in [0.717, 1.165) is 6.42 Å². The quantitative estimate of drug-likeness (QED) is 0.0353. The molecule has 1 aromatic rings. The highest BCUT2D eigenvalue weighted by Gasteiger charge is 2.44. The molecule has 0 spiro atoms. The molecule has 2 fully saturated rings. The Kier molecular flexibility index (Phi) is 37.8. The molecule has 2 aliphatic rings. The molecule has 0 radical (unpaired) electrons. The average Bonchev–Trinajstić information content (AvgIpc) is 1.79. The van der Waals surface area contributed by atoms with Crippen LogP contribution in [0.5, 0.6) is 0 Å². The summed E-state index contributed by atoms with van der Waals surface area (Å²) < 4.78 is 5.96. The molecule has 0 unspecified atom stereocenters. The predicted molar refractivity (Wildman–Crippen MR) is 395 cm³/mol. The Balaban J connectivity index is 2.00. The van der Waals surface area contributed by atoms with E-state index in [4.69, 9.17) is 10.5 Å². The normalized spacial score (nSPS) is 22.6. The second-order valence-corrected chi connectivity index (χ2v) is 30.2. The average molecular weight is 1480 g/mol. The summed E-state index contributed by atoms with van der Waals surface area (Å²) in [4.78, 5) is 202. The van der Waals surface area contributed by atoms with Crippen LogP contribution in [0.2, 0.25) is 0 Å². The number of nitrogens with two attached hydrogens (primary N) is 1. The maximum absolute atomic E-state index is 15.0. The van der Waals surface area contributed by atoms with Gasteiger partial charge < -0.3 is 84.3 Å². The van der Waals surface area contributed by atoms with Crippen LogP contribution in [-0.4, -0.2) is 191 Å². The minimum Gasteiger partial charge on any atom is -0.458 e. The van der Waals surface area contributed by atoms with Crippen molar-refractivity contribution in [2.24, 2.45) is 53.1 Å². The number of benzene rings is 1. The van der Waals surface area contributed by atoms with Crippen molar-refractivity contribution in [1.29, 1.82) is 0 Å². The third-order valence-electron chi connectivity index (χ3n) is 19.3. The minimum atomic E-state index is -1.83. The summed E-state index contributed by atoms with van der Waals surface area (Å²) in [5.74, 6) is -15.1. The number of aliphatic hydroxyl groups is 1. The monoisotopic (exact) mass is 1480 g/mol. The van der Waals surface area contributed by atoms with Gasteiger partial charge in [0, 0.05) is 19.4 Å². The number of ether oxygens (including phenoxy) is 1. The second-order valence-electron chi connectivity index (χ2n) is 30.2. The first kappa shape index (κ1) is 90.7. The number of nitrogens with zero attached hydrogens (tertiary/aromatic N) is 1. The van der Waals surface area contributed by atoms with Crippen molar-refractivity contribution in [1.82, 2.24) is 68.7 Å². The standard InChI is InChI=1S/C75H124N14O16/c1-20-44(16)59(71(100)88-62-47(19)105-75(104)58(43(14)15)84-63(92)49(22-3)77-65(94)51(37-48-30-24-23-25-31-48)79-67(96)55(40(8)9)81-70(99)60(45(17)21-2)86-73(62)102)85-64(93)50(32-27-35-76)78-66(95)52-33-28-36-89(52)74(103)57(42(12)13)83-69(98)56(41(10)11)82-72(101)61(46(18)90)87-68(97)54(39(6)7)80-53(91)34-26-29-38(4)5/h22-25,30-31,38-47,50-52,54-62,90H,20-21,26-29,32-37,76H2,1-19H3,(H,77,94)(H,78,95)(H,79,96)(H,80,91)(H,81,99)(H,82,101)(H,83,98)(H,84,92)(H,85,93)(H,86,102)(H,87,97)(H,88,100)/b49-22-/t44-,45-,46+,47+,50-,51-,52+,54-,55-,56+,57-,58-,59+,60+,61-,62-/m0/s1. The largest absolute Gasteiger partial charge is 0.458 e. The van der Waals surface area contributed by atoms with Crippen LogP contribution >= 0.6 is 0 Å². The van der Waals surface area contributed by atoms with E-state index in [9.17, 15) is 62.6 Å². The SMILES string of the molecule is C/C=C1\NC(=O)[C@H](Cc2ccccc2)NC(=O)[C@H](C(C)C)NC(=O)[C@@H]([C@@H](C)CC)NC(=O)[C@@H](NC(=O)[C@H](NC(=O)[C@H](CCCN)NC(=O)[C@H]2CCCN2C(=O)[C@@H](NC(=O)[C@H](NC(=O)[C@@H](NC(=O)[C@@H](NC(=O)CCCC(C)C)C(C)C)[C@@H](C)O)C(C)C)C(C)C)[C@@H](C)CC)[C@@H](C)OC(=O)[C@H](C(C)C)NC1=O. The Morgan fingerprint density at radius 3 is 1.69 bits per heavy atom. The Morgan fingerprint density at radius 1 is 0.610 bits per heavy atom. The lowest BCUT2D eigenvalue weighted by Gasteiger charge is -2.33. The van der Waals surface area contributed by atoms with Crippen molar-refractivity contribution in [2.75, 3.05) is 13.1 Å². The highest BCUT2D eigenvalue weighted by Crippen LogP contribution is 2.23. The van der Waals surface area contributed by atoms with Gasteiger partial charge in [0.2, 0.25) is 70.9 Å². The Bertz CT molecular complexity index is 3160. The lowest BCUT2D eigenvalue weighted by molar-refractivity contribution is -0.157. The Morgan fingerprint density at radius 2 is 1.15 bits per heavy atom. The summed E-state index contributed by atoms with van der Waals surface area (Å²) in [5, 5.41) is 43.2. The maximum Gasteiger partial charge on any atom is 0.329 e. The summed E-state index contributed by atoms with van der Waals surface area (Å²) in [5.41, 5.74) is 6.34. The molecule has 2 aliphatic heterocycles. The number of nitrogens with one attached hydrogen (secondary N) is 12. The smallest absolute Gasteiger partial charge is 0.329 e. The minimum absolute atomic E-state index is 0.0355. The van der Waals surface area contributed by atoms with Gasteiger partial charge in [0.15, 0.2) is 0 Å². The molecule has 0 bridgehead atoms. The number of hydrogen-bond donors (Lipinski definition) is 14. The number of likely N-dealkylation sites (tertiary alicyclic amines) is 1. The highest BCUT2D eigenvalue weighted by molar-refractivity contribution is 6.03. The van der Waals surface area contributed by atoms with E-state index in [0.29, 0.717) is 30.7 Å². The Labute approximate surface area is 620 Å². The highest BCUT2D eigenvalue weighted by atomic mass is 16.5. The fourth-order valence-corrected chi connectivity index (χ4v) is 12.1. The first-order chi connectivity index (χ1) is 49.2. The summed E-state index contributed by atoms with van der Waals surface area (Å²) in [7, 11) is 0. The molecular formula is C75H124N14O16. The summed E-state index contributed by atoms with van der Waals surface area (Å²) in [6.45, 7) is 31.8. The van der Waals surface area contributed by atoms with E-state index in [1.54, 1.807) is 127 Å². The van der Waals surface area contributed by atoms with Crippen molar-refractivity contribution in [3.05, 3.63) is 47.7 Å². The molecule has 2 saturated heterocycles. The van der Waals surface area contributed by atoms with Gasteiger partial charge in [-0.3, -0.25) is 62.3 Å². The van der Waals surface area contributed by atoms with Crippen LogP contribution in [0, 0.1) is 47.3 Å². The lowest BCUT2D eigenvalue weighted by atomic mass is 9.95. The fourth-order valence-electron chi connectivity index (χ4n) is 12.1. The first-order valence-electron chi connectivity index (χ1n) is 37.5. The molecule has 3 rings (SSSR count). The third-order valence-corrected chi connectivity index (χ3v) is 19.3. The molecule has 0 aliphatic carbocycles.